The molecule has 2 aliphatic heterocycles. The first kappa shape index (κ1) is 60.7. The third kappa shape index (κ3) is 24.2. The number of hydrogen-bond acceptors (Lipinski definition) is 14. The summed E-state index contributed by atoms with van der Waals surface area (Å²) < 4.78 is 35.5. The number of aromatic amines is 1. The van der Waals surface area contributed by atoms with Gasteiger partial charge in [0, 0.05) is 12.8 Å². The maximum atomic E-state index is 13.0. The van der Waals surface area contributed by atoms with E-state index in [1.165, 1.54) is 114 Å². The minimum Gasteiger partial charge on any atom is -0.462 e. The number of hydrogen-bond donors (Lipinski definition) is 5. The molecule has 0 aromatic heterocycles. The van der Waals surface area contributed by atoms with Gasteiger partial charge in [-0.05, 0) is 49.9 Å². The smallest absolute Gasteiger partial charge is 0.462 e. The van der Waals surface area contributed by atoms with Crippen LogP contribution in [0.25, 0.3) is 22.6 Å². The van der Waals surface area contributed by atoms with E-state index in [2.05, 4.69) is 28.8 Å². The molecule has 1 aromatic rings. The molecular formula is C52H87N4O13P. The Labute approximate surface area is 415 Å². The normalized spacial score (nSPS) is 14.4. The summed E-state index contributed by atoms with van der Waals surface area (Å²) in [6.07, 6.45) is 23.4. The van der Waals surface area contributed by atoms with Crippen LogP contribution >= 0.6 is 7.82 Å². The number of benzene rings is 1. The molecule has 0 fully saturated rings. The first-order valence-electron chi connectivity index (χ1n) is 26.6. The van der Waals surface area contributed by atoms with Crippen LogP contribution in [-0.2, 0) is 39.2 Å². The fourth-order valence-electron chi connectivity index (χ4n) is 8.46. The Balaban J connectivity index is 1.49. The van der Waals surface area contributed by atoms with E-state index in [9.17, 15) is 44.0 Å². The fourth-order valence-corrected chi connectivity index (χ4v) is 9.23. The van der Waals surface area contributed by atoms with Crippen molar-refractivity contribution < 1.29 is 52.9 Å². The number of aromatic nitrogens is 4. The zero-order valence-electron chi connectivity index (χ0n) is 42.8. The van der Waals surface area contributed by atoms with E-state index in [4.69, 9.17) is 18.5 Å². The molecule has 398 valence electrons. The molecule has 2 aliphatic rings. The van der Waals surface area contributed by atoms with Crippen LogP contribution in [0.2, 0.25) is 0 Å². The maximum Gasteiger partial charge on any atom is 0.472 e. The molecule has 2 unspecified atom stereocenters. The number of nitrogens with one attached hydrogen (secondary N) is 1. The highest BCUT2D eigenvalue weighted by Crippen LogP contribution is 2.43. The number of aryl methyl sites for hydroxylation is 2. The zero-order chi connectivity index (χ0) is 51.2. The average Bonchev–Trinajstić information content (AvgIpc) is 3.32. The molecule has 18 heteroatoms. The largest absolute Gasteiger partial charge is 0.472 e. The first-order chi connectivity index (χ1) is 33.6. The van der Waals surface area contributed by atoms with Gasteiger partial charge in [0.05, 0.1) is 30.8 Å². The minimum atomic E-state index is -4.99. The Hall–Kier alpha value is -3.57. The Bertz CT molecular complexity index is 2080. The molecule has 17 nitrogen and oxygen atoms in total. The van der Waals surface area contributed by atoms with E-state index in [0.717, 1.165) is 56.1 Å². The van der Waals surface area contributed by atoms with Gasteiger partial charge in [-0.3, -0.25) is 28.4 Å². The molecule has 3 rings (SSSR count). The molecule has 5 N–H and O–H groups in total. The van der Waals surface area contributed by atoms with Crippen LogP contribution in [0.15, 0.2) is 21.7 Å². The Morgan fingerprint density at radius 2 is 1.09 bits per heavy atom. The van der Waals surface area contributed by atoms with Crippen LogP contribution < -0.4 is 11.2 Å². The fraction of sp³-hybridized carbons (Fsp3) is 0.769. The molecule has 0 saturated carbocycles. The van der Waals surface area contributed by atoms with Gasteiger partial charge >= 0.3 is 25.5 Å². The van der Waals surface area contributed by atoms with Crippen molar-refractivity contribution in [3.05, 3.63) is 44.1 Å². The Morgan fingerprint density at radius 1 is 0.629 bits per heavy atom. The lowest BCUT2D eigenvalue weighted by atomic mass is 10.0. The number of carbonyl (C=O) groups is 2. The zero-order valence-corrected chi connectivity index (χ0v) is 43.7. The lowest BCUT2D eigenvalue weighted by Gasteiger charge is -2.26. The van der Waals surface area contributed by atoms with E-state index >= 15 is 0 Å². The number of esters is 2. The van der Waals surface area contributed by atoms with Crippen molar-refractivity contribution in [2.75, 3.05) is 19.8 Å². The summed E-state index contributed by atoms with van der Waals surface area (Å²) in [6.45, 7) is 5.56. The number of phosphoric ester groups is 1. The highest BCUT2D eigenvalue weighted by molar-refractivity contribution is 7.47. The highest BCUT2D eigenvalue weighted by atomic mass is 31.2. The second-order valence-corrected chi connectivity index (χ2v) is 20.6. The van der Waals surface area contributed by atoms with Gasteiger partial charge in [-0.25, -0.2) is 14.3 Å². The van der Waals surface area contributed by atoms with Gasteiger partial charge in [0.15, 0.2) is 17.6 Å². The van der Waals surface area contributed by atoms with E-state index in [1.54, 1.807) is 12.1 Å². The lowest BCUT2D eigenvalue weighted by molar-refractivity contribution is -0.161. The number of aliphatic hydroxyl groups is 3. The van der Waals surface area contributed by atoms with E-state index in [0.29, 0.717) is 23.9 Å². The topological polar surface area (TPSA) is 250 Å². The highest BCUT2D eigenvalue weighted by Gasteiger charge is 2.32. The van der Waals surface area contributed by atoms with E-state index in [1.807, 2.05) is 13.8 Å². The number of aliphatic hydroxyl groups excluding tert-OH is 3. The molecule has 2 heterocycles. The molecule has 0 bridgehead atoms. The third-order valence-corrected chi connectivity index (χ3v) is 13.9. The van der Waals surface area contributed by atoms with Crippen molar-refractivity contribution in [3.8, 4) is 11.5 Å². The van der Waals surface area contributed by atoms with E-state index < -0.39 is 81.8 Å². The van der Waals surface area contributed by atoms with E-state index in [-0.39, 0.29) is 24.4 Å². The van der Waals surface area contributed by atoms with Gasteiger partial charge in [-0.2, -0.15) is 4.98 Å². The lowest BCUT2D eigenvalue weighted by Crippen LogP contribution is -2.42. The van der Waals surface area contributed by atoms with Crippen LogP contribution in [0.1, 0.15) is 205 Å². The predicted octanol–water partition coefficient (Wildman–Crippen LogP) is 9.84. The number of nitrogens with zero attached hydrogens (tertiary/aromatic N) is 3. The average molecular weight is 1010 g/mol. The number of ether oxygens (including phenoxy) is 2. The predicted molar refractivity (Wildman–Crippen MR) is 272 cm³/mol. The van der Waals surface area contributed by atoms with Gasteiger partial charge in [-0.1, -0.05) is 168 Å². The first-order valence-corrected chi connectivity index (χ1v) is 28.1. The standard InChI is InChI=1S/C52H87N4O13P/c1-5-7-9-11-13-15-17-19-21-23-25-27-29-31-46(59)66-36-41(69-47(60)32-30-28-26-24-22-20-18-16-14-12-10-8-6-2)37-67-70(64,65)68-38-45(58)49(61)44(57)35-56-43-34-40(4)39(3)33-42(43)53-48-50(56)54-52(63)55-51(48)62/h33-34,41,44-45,49,57-58,61H,5-32,35-38H2,1-4H3,(H,64,65)(H,55,62,63)/t41?,44-,45+,49-/m0/s1. The minimum absolute atomic E-state index is 0.105. The maximum absolute atomic E-state index is 13.0. The number of phosphoric acid groups is 1. The van der Waals surface area contributed by atoms with Crippen molar-refractivity contribution >= 4 is 30.8 Å². The third-order valence-electron chi connectivity index (χ3n) is 12.9. The molecule has 0 aliphatic carbocycles. The van der Waals surface area contributed by atoms with Gasteiger partial charge in [0.1, 0.15) is 24.9 Å². The van der Waals surface area contributed by atoms with Crippen molar-refractivity contribution in [1.82, 2.24) is 19.5 Å². The number of H-pyrrole nitrogens is 1. The van der Waals surface area contributed by atoms with Gasteiger partial charge in [0.2, 0.25) is 0 Å². The number of rotatable bonds is 41. The molecule has 5 atom stereocenters. The summed E-state index contributed by atoms with van der Waals surface area (Å²) in [6, 6.07) is 3.43. The summed E-state index contributed by atoms with van der Waals surface area (Å²) in [5.41, 5.74) is 0.464. The molecule has 0 amide bonds. The molecule has 70 heavy (non-hydrogen) atoms. The number of carbonyl (C=O) groups excluding carboxylic acids is 2. The molecule has 0 radical (unpaired) electrons. The number of fused-ring (bicyclic) bond motifs is 2. The quantitative estimate of drug-likeness (QED) is 0.0154. The van der Waals surface area contributed by atoms with Gasteiger partial charge < -0.3 is 34.3 Å². The van der Waals surface area contributed by atoms with Crippen LogP contribution in [0, 0.1) is 13.8 Å². The molecule has 1 aromatic carbocycles. The summed E-state index contributed by atoms with van der Waals surface area (Å²) in [4.78, 5) is 71.4. The Morgan fingerprint density at radius 3 is 1.60 bits per heavy atom. The summed E-state index contributed by atoms with van der Waals surface area (Å²) in [5.74, 6) is -1.24. The van der Waals surface area contributed by atoms with Gasteiger partial charge in [0.25, 0.3) is 5.56 Å². The second-order valence-electron chi connectivity index (χ2n) is 19.2. The van der Waals surface area contributed by atoms with Gasteiger partial charge in [-0.15, -0.1) is 0 Å². The SMILES string of the molecule is CCCCCCCCCCCCCCCC(=O)OCC(COP(=O)(O)OC[C@@H](O)[C@@H](O)[C@@H](O)Cn1c2nc(=O)[nH]c(=O)c-2nc2cc(C)c(C)cc21)OC(=O)CCCCCCCCCCCCCCC. The van der Waals surface area contributed by atoms with Crippen LogP contribution in [0.4, 0.5) is 0 Å². The Kier molecular flexibility index (Phi) is 30.1. The second kappa shape index (κ2) is 34.7. The molecule has 0 saturated heterocycles. The molecule has 0 spiro atoms. The van der Waals surface area contributed by atoms with Crippen molar-refractivity contribution in [2.45, 2.75) is 238 Å². The summed E-state index contributed by atoms with van der Waals surface area (Å²) in [7, 11) is -4.99. The van der Waals surface area contributed by atoms with Crippen LogP contribution in [-0.4, -0.2) is 95.9 Å². The van der Waals surface area contributed by atoms with Crippen LogP contribution in [0.3, 0.4) is 0 Å². The molecular weight excluding hydrogens is 920 g/mol. The monoisotopic (exact) mass is 1010 g/mol. The summed E-state index contributed by atoms with van der Waals surface area (Å²) in [5, 5.41) is 32.8. The van der Waals surface area contributed by atoms with Crippen molar-refractivity contribution in [1.29, 1.82) is 0 Å². The van der Waals surface area contributed by atoms with Crippen LogP contribution in [0.5, 0.6) is 0 Å². The van der Waals surface area contributed by atoms with Crippen molar-refractivity contribution in [3.63, 3.8) is 0 Å². The number of unbranched alkanes of at least 4 members (excludes halogenated alkanes) is 24. The van der Waals surface area contributed by atoms with Crippen molar-refractivity contribution in [2.24, 2.45) is 0 Å². The summed E-state index contributed by atoms with van der Waals surface area (Å²) >= 11 is 0.